The van der Waals surface area contributed by atoms with Gasteiger partial charge in [-0.2, -0.15) is 11.3 Å². The van der Waals surface area contributed by atoms with Crippen LogP contribution >= 0.6 is 11.3 Å². The van der Waals surface area contributed by atoms with Gasteiger partial charge in [0.15, 0.2) is 0 Å². The lowest BCUT2D eigenvalue weighted by molar-refractivity contribution is -0.167. The monoisotopic (exact) mass is 288 g/mol. The summed E-state index contributed by atoms with van der Waals surface area (Å²) in [6.45, 7) is 4.89. The Hall–Kier alpha value is -0.630. The highest BCUT2D eigenvalue weighted by atomic mass is 32.1. The topological polar surface area (TPSA) is 17.1 Å². The molecule has 2 heteroatoms. The van der Waals surface area contributed by atoms with Crippen molar-refractivity contribution >= 4 is 17.1 Å². The Balaban J connectivity index is 1.65. The van der Waals surface area contributed by atoms with E-state index in [2.05, 4.69) is 30.7 Å². The van der Waals surface area contributed by atoms with Gasteiger partial charge in [-0.15, -0.1) is 0 Å². The molecule has 0 saturated heterocycles. The average molecular weight is 288 g/mol. The lowest BCUT2D eigenvalue weighted by atomic mass is 9.39. The fraction of sp³-hybridized carbons (Fsp3) is 0.722. The third kappa shape index (κ3) is 1.91. The zero-order valence-electron chi connectivity index (χ0n) is 12.6. The molecule has 0 amide bonds. The number of ketones is 1. The Labute approximate surface area is 125 Å². The maximum absolute atomic E-state index is 13.1. The van der Waals surface area contributed by atoms with Crippen molar-refractivity contribution in [1.82, 2.24) is 0 Å². The van der Waals surface area contributed by atoms with Gasteiger partial charge < -0.3 is 0 Å². The van der Waals surface area contributed by atoms with Crippen molar-refractivity contribution in [3.63, 3.8) is 0 Å². The quantitative estimate of drug-likeness (QED) is 0.776. The molecule has 4 aliphatic carbocycles. The summed E-state index contributed by atoms with van der Waals surface area (Å²) in [4.78, 5) is 13.1. The van der Waals surface area contributed by atoms with Gasteiger partial charge in [-0.3, -0.25) is 4.79 Å². The number of hydrogen-bond donors (Lipinski definition) is 0. The number of carbonyl (C=O) groups excluding carboxylic acids is 1. The summed E-state index contributed by atoms with van der Waals surface area (Å²) in [5, 5.41) is 4.23. The maximum Gasteiger partial charge on any atom is 0.143 e. The first-order valence-corrected chi connectivity index (χ1v) is 8.89. The van der Waals surface area contributed by atoms with Crippen LogP contribution in [0.15, 0.2) is 16.8 Å². The first kappa shape index (κ1) is 13.1. The maximum atomic E-state index is 13.1. The Kier molecular flexibility index (Phi) is 2.59. The molecule has 2 unspecified atom stereocenters. The van der Waals surface area contributed by atoms with Crippen molar-refractivity contribution in [2.75, 3.05) is 0 Å². The molecule has 0 N–H and O–H groups in total. The van der Waals surface area contributed by atoms with Crippen LogP contribution in [-0.2, 0) is 11.2 Å². The number of thiophene rings is 1. The largest absolute Gasteiger partial charge is 0.299 e. The van der Waals surface area contributed by atoms with E-state index in [1.54, 1.807) is 11.3 Å². The van der Waals surface area contributed by atoms with E-state index in [1.807, 2.05) is 0 Å². The molecule has 4 saturated carbocycles. The van der Waals surface area contributed by atoms with Crippen LogP contribution in [0.4, 0.5) is 0 Å². The molecule has 1 nitrogen and oxygen atoms in total. The number of Topliss-reactive ketones (excluding diaryl/α,β-unsaturated/α-hetero) is 1. The summed E-state index contributed by atoms with van der Waals surface area (Å²) in [6.07, 6.45) is 8.27. The molecular formula is C18H24OS. The highest BCUT2D eigenvalue weighted by Crippen LogP contribution is 2.69. The Morgan fingerprint density at radius 1 is 1.20 bits per heavy atom. The van der Waals surface area contributed by atoms with E-state index < -0.39 is 0 Å². The van der Waals surface area contributed by atoms with Crippen molar-refractivity contribution < 1.29 is 4.79 Å². The third-order valence-corrected chi connectivity index (χ3v) is 6.89. The second kappa shape index (κ2) is 3.97. The van der Waals surface area contributed by atoms with Gasteiger partial charge in [0.1, 0.15) is 5.78 Å². The number of carbonyl (C=O) groups is 1. The Morgan fingerprint density at radius 3 is 2.45 bits per heavy atom. The first-order chi connectivity index (χ1) is 9.41. The molecule has 4 bridgehead atoms. The van der Waals surface area contributed by atoms with Gasteiger partial charge in [-0.1, -0.05) is 13.8 Å². The number of hydrogen-bond acceptors (Lipinski definition) is 2. The summed E-state index contributed by atoms with van der Waals surface area (Å²) in [5.74, 6) is 1.35. The van der Waals surface area contributed by atoms with E-state index in [0.29, 0.717) is 23.0 Å². The van der Waals surface area contributed by atoms with E-state index in [0.717, 1.165) is 18.8 Å². The highest BCUT2D eigenvalue weighted by molar-refractivity contribution is 7.08. The van der Waals surface area contributed by atoms with Crippen molar-refractivity contribution in [3.8, 4) is 0 Å². The predicted octanol–water partition coefficient (Wildman–Crippen LogP) is 4.86. The first-order valence-electron chi connectivity index (χ1n) is 7.95. The van der Waals surface area contributed by atoms with Crippen LogP contribution in [0.1, 0.15) is 57.9 Å². The van der Waals surface area contributed by atoms with Crippen molar-refractivity contribution in [2.45, 2.75) is 58.8 Å². The van der Waals surface area contributed by atoms with Gasteiger partial charge in [0.05, 0.1) is 0 Å². The van der Waals surface area contributed by atoms with E-state index in [1.165, 1.54) is 31.2 Å². The molecule has 2 atom stereocenters. The SMILES string of the molecule is CC12CC3CC(C)(C1)CC(C(=O)Cc1ccsc1)(C3)C2. The van der Waals surface area contributed by atoms with E-state index in [-0.39, 0.29) is 5.41 Å². The molecule has 1 heterocycles. The van der Waals surface area contributed by atoms with Crippen LogP contribution in [0, 0.1) is 22.2 Å². The normalized spacial score (nSPS) is 45.8. The molecule has 0 aliphatic heterocycles. The predicted molar refractivity (Wildman–Crippen MR) is 82.9 cm³/mol. The Bertz CT molecular complexity index is 526. The van der Waals surface area contributed by atoms with Gasteiger partial charge in [-0.25, -0.2) is 0 Å². The van der Waals surface area contributed by atoms with Gasteiger partial charge in [0.25, 0.3) is 0 Å². The molecule has 0 radical (unpaired) electrons. The molecule has 0 spiro atoms. The van der Waals surface area contributed by atoms with Gasteiger partial charge in [0.2, 0.25) is 0 Å². The van der Waals surface area contributed by atoms with Gasteiger partial charge in [-0.05, 0) is 77.7 Å². The van der Waals surface area contributed by atoms with Crippen molar-refractivity contribution in [1.29, 1.82) is 0 Å². The van der Waals surface area contributed by atoms with E-state index in [9.17, 15) is 4.79 Å². The van der Waals surface area contributed by atoms with Crippen LogP contribution in [0.5, 0.6) is 0 Å². The minimum atomic E-state index is 0.0187. The molecule has 20 heavy (non-hydrogen) atoms. The fourth-order valence-corrected chi connectivity index (χ4v) is 7.19. The summed E-state index contributed by atoms with van der Waals surface area (Å²) < 4.78 is 0. The Morgan fingerprint density at radius 2 is 1.90 bits per heavy atom. The van der Waals surface area contributed by atoms with Crippen LogP contribution in [0.3, 0.4) is 0 Å². The molecule has 1 aromatic heterocycles. The van der Waals surface area contributed by atoms with Gasteiger partial charge >= 0.3 is 0 Å². The summed E-state index contributed by atoms with van der Waals surface area (Å²) in [5.41, 5.74) is 2.13. The van der Waals surface area contributed by atoms with E-state index in [4.69, 9.17) is 0 Å². The second-order valence-corrected chi connectivity index (χ2v) is 9.42. The summed E-state index contributed by atoms with van der Waals surface area (Å²) in [6, 6.07) is 2.12. The molecule has 1 aromatic rings. The molecule has 4 aliphatic rings. The van der Waals surface area contributed by atoms with Gasteiger partial charge in [0, 0.05) is 11.8 Å². The fourth-order valence-electron chi connectivity index (χ4n) is 6.52. The molecule has 0 aromatic carbocycles. The van der Waals surface area contributed by atoms with Crippen molar-refractivity contribution in [2.24, 2.45) is 22.2 Å². The highest BCUT2D eigenvalue weighted by Gasteiger charge is 2.62. The molecule has 5 rings (SSSR count). The van der Waals surface area contributed by atoms with Crippen molar-refractivity contribution in [3.05, 3.63) is 22.4 Å². The summed E-state index contributed by atoms with van der Waals surface area (Å²) >= 11 is 1.70. The third-order valence-electron chi connectivity index (χ3n) is 6.16. The lowest BCUT2D eigenvalue weighted by Gasteiger charge is -2.64. The van der Waals surface area contributed by atoms with Crippen LogP contribution in [-0.4, -0.2) is 5.78 Å². The zero-order valence-corrected chi connectivity index (χ0v) is 13.4. The second-order valence-electron chi connectivity index (χ2n) is 8.64. The van der Waals surface area contributed by atoms with Crippen LogP contribution in [0.25, 0.3) is 0 Å². The molecule has 4 fully saturated rings. The van der Waals surface area contributed by atoms with E-state index >= 15 is 0 Å². The van der Waals surface area contributed by atoms with Crippen LogP contribution < -0.4 is 0 Å². The smallest absolute Gasteiger partial charge is 0.143 e. The minimum absolute atomic E-state index is 0.0187. The zero-order chi connectivity index (χ0) is 14.0. The molecular weight excluding hydrogens is 264 g/mol. The number of rotatable bonds is 3. The standard InChI is InChI=1S/C18H24OS/c1-16-6-14-7-17(2,10-16)12-18(8-14,11-16)15(19)5-13-3-4-20-9-13/h3-4,9,14H,5-8,10-12H2,1-2H3. The molecule has 108 valence electrons. The average Bonchev–Trinajstić information content (AvgIpc) is 2.76. The summed E-state index contributed by atoms with van der Waals surface area (Å²) in [7, 11) is 0. The van der Waals surface area contributed by atoms with Crippen LogP contribution in [0.2, 0.25) is 0 Å². The lowest BCUT2D eigenvalue weighted by Crippen LogP contribution is -2.57. The minimum Gasteiger partial charge on any atom is -0.299 e.